The summed E-state index contributed by atoms with van der Waals surface area (Å²) < 4.78 is 24.1. The van der Waals surface area contributed by atoms with Gasteiger partial charge in [0.15, 0.2) is 9.84 Å². The monoisotopic (exact) mass is 368 g/mol. The largest absolute Gasteiger partial charge is 0.325 e. The van der Waals surface area contributed by atoms with Crippen LogP contribution in [0.4, 0.5) is 11.4 Å². The zero-order valence-corrected chi connectivity index (χ0v) is 13.9. The second kappa shape index (κ2) is 7.41. The number of benzene rings is 2. The van der Waals surface area contributed by atoms with Crippen LogP contribution in [0.5, 0.6) is 0 Å². The molecule has 0 aliphatic carbocycles. The molecule has 24 heavy (non-hydrogen) atoms. The summed E-state index contributed by atoms with van der Waals surface area (Å²) >= 11 is 5.73. The molecule has 0 atom stereocenters. The van der Waals surface area contributed by atoms with Gasteiger partial charge in [-0.25, -0.2) is 8.42 Å². The number of nitrogens with zero attached hydrogens (tertiary/aromatic N) is 1. The molecule has 0 aliphatic rings. The van der Waals surface area contributed by atoms with Crippen LogP contribution in [0.2, 0.25) is 5.02 Å². The second-order valence-corrected chi connectivity index (χ2v) is 7.52. The maximum absolute atomic E-state index is 12.1. The summed E-state index contributed by atoms with van der Waals surface area (Å²) in [4.78, 5) is 22.0. The van der Waals surface area contributed by atoms with Crippen LogP contribution in [0.25, 0.3) is 0 Å². The van der Waals surface area contributed by atoms with Gasteiger partial charge in [-0.15, -0.1) is 0 Å². The number of hydrogen-bond donors (Lipinski definition) is 1. The number of carbonyl (C=O) groups excluding carboxylic acids is 1. The van der Waals surface area contributed by atoms with Crippen molar-refractivity contribution in [2.24, 2.45) is 0 Å². The number of anilines is 1. The molecule has 0 saturated carbocycles. The first-order valence-electron chi connectivity index (χ1n) is 6.74. The van der Waals surface area contributed by atoms with Gasteiger partial charge in [0.1, 0.15) is 5.75 Å². The van der Waals surface area contributed by atoms with Gasteiger partial charge >= 0.3 is 0 Å². The van der Waals surface area contributed by atoms with Crippen LogP contribution in [0.1, 0.15) is 5.56 Å². The van der Waals surface area contributed by atoms with E-state index in [0.29, 0.717) is 10.6 Å². The molecule has 2 aromatic rings. The number of halogens is 1. The summed E-state index contributed by atoms with van der Waals surface area (Å²) in [6, 6.07) is 11.5. The van der Waals surface area contributed by atoms with Crippen molar-refractivity contribution in [2.75, 3.05) is 11.1 Å². The molecule has 0 spiro atoms. The van der Waals surface area contributed by atoms with Crippen LogP contribution < -0.4 is 5.32 Å². The van der Waals surface area contributed by atoms with Gasteiger partial charge in [0.2, 0.25) is 5.91 Å². The average molecular weight is 369 g/mol. The van der Waals surface area contributed by atoms with Gasteiger partial charge in [0, 0.05) is 22.8 Å². The summed E-state index contributed by atoms with van der Waals surface area (Å²) in [5, 5.41) is 13.5. The molecule has 0 aliphatic heterocycles. The molecule has 1 N–H and O–H groups in total. The van der Waals surface area contributed by atoms with Gasteiger partial charge in [-0.05, 0) is 23.8 Å². The molecule has 0 aromatic heterocycles. The topological polar surface area (TPSA) is 106 Å². The first-order chi connectivity index (χ1) is 11.2. The van der Waals surface area contributed by atoms with E-state index in [1.807, 2.05) is 0 Å². The highest BCUT2D eigenvalue weighted by atomic mass is 35.5. The van der Waals surface area contributed by atoms with Crippen molar-refractivity contribution in [1.82, 2.24) is 0 Å². The maximum Gasteiger partial charge on any atom is 0.271 e. The fourth-order valence-electron chi connectivity index (χ4n) is 1.98. The number of nitrogens with one attached hydrogen (secondary N) is 1. The molecule has 0 unspecified atom stereocenters. The van der Waals surface area contributed by atoms with Crippen molar-refractivity contribution in [3.63, 3.8) is 0 Å². The number of non-ortho nitro benzene ring substituents is 1. The first kappa shape index (κ1) is 17.9. The minimum absolute atomic E-state index is 0.163. The van der Waals surface area contributed by atoms with E-state index in [2.05, 4.69) is 5.32 Å². The van der Waals surface area contributed by atoms with E-state index in [1.165, 1.54) is 18.2 Å². The molecule has 0 saturated heterocycles. The molecule has 2 aromatic carbocycles. The average Bonchev–Trinajstić information content (AvgIpc) is 2.49. The van der Waals surface area contributed by atoms with Crippen LogP contribution in [-0.2, 0) is 20.4 Å². The normalized spacial score (nSPS) is 11.0. The quantitative estimate of drug-likeness (QED) is 0.623. The van der Waals surface area contributed by atoms with Crippen molar-refractivity contribution < 1.29 is 18.1 Å². The molecule has 126 valence electrons. The lowest BCUT2D eigenvalue weighted by Gasteiger charge is -2.07. The highest BCUT2D eigenvalue weighted by Gasteiger charge is 2.18. The van der Waals surface area contributed by atoms with Crippen molar-refractivity contribution in [3.05, 3.63) is 69.2 Å². The van der Waals surface area contributed by atoms with Crippen LogP contribution in [0.15, 0.2) is 48.5 Å². The summed E-state index contributed by atoms with van der Waals surface area (Å²) in [5.41, 5.74) is 0.482. The van der Waals surface area contributed by atoms with E-state index in [4.69, 9.17) is 11.6 Å². The third-order valence-electron chi connectivity index (χ3n) is 2.99. The van der Waals surface area contributed by atoms with E-state index < -0.39 is 26.4 Å². The highest BCUT2D eigenvalue weighted by molar-refractivity contribution is 7.91. The summed E-state index contributed by atoms with van der Waals surface area (Å²) in [6.45, 7) is 0. The van der Waals surface area contributed by atoms with Gasteiger partial charge in [-0.1, -0.05) is 29.8 Å². The van der Waals surface area contributed by atoms with E-state index in [-0.39, 0.29) is 17.1 Å². The minimum Gasteiger partial charge on any atom is -0.325 e. The molecule has 0 heterocycles. The zero-order valence-electron chi connectivity index (χ0n) is 12.3. The predicted molar refractivity (Wildman–Crippen MR) is 90.7 cm³/mol. The van der Waals surface area contributed by atoms with Crippen LogP contribution >= 0.6 is 11.6 Å². The van der Waals surface area contributed by atoms with Crippen molar-refractivity contribution in [3.8, 4) is 0 Å². The summed E-state index contributed by atoms with van der Waals surface area (Å²) in [7, 11) is -3.68. The molecule has 0 fully saturated rings. The third-order valence-corrected chi connectivity index (χ3v) is 4.72. The highest BCUT2D eigenvalue weighted by Crippen LogP contribution is 2.17. The lowest BCUT2D eigenvalue weighted by atomic mass is 10.2. The van der Waals surface area contributed by atoms with E-state index >= 15 is 0 Å². The number of hydrogen-bond acceptors (Lipinski definition) is 5. The molecule has 0 bridgehead atoms. The lowest BCUT2D eigenvalue weighted by Crippen LogP contribution is -2.24. The first-order valence-corrected chi connectivity index (χ1v) is 8.94. The number of nitro groups is 1. The minimum atomic E-state index is -3.68. The predicted octanol–water partition coefficient (Wildman–Crippen LogP) is 2.80. The molecule has 0 radical (unpaired) electrons. The summed E-state index contributed by atoms with van der Waals surface area (Å²) in [5.74, 6) is -1.78. The smallest absolute Gasteiger partial charge is 0.271 e. The molecule has 1 amide bonds. The number of carbonyl (C=O) groups is 1. The lowest BCUT2D eigenvalue weighted by molar-refractivity contribution is -0.384. The molecular weight excluding hydrogens is 356 g/mol. The fraction of sp³-hybridized carbons (Fsp3) is 0.133. The number of nitro benzene ring substituents is 1. The Hall–Kier alpha value is -2.45. The van der Waals surface area contributed by atoms with Crippen molar-refractivity contribution in [2.45, 2.75) is 5.75 Å². The molecule has 9 heteroatoms. The van der Waals surface area contributed by atoms with Crippen LogP contribution in [0.3, 0.4) is 0 Å². The Balaban J connectivity index is 2.01. The van der Waals surface area contributed by atoms with E-state index in [0.717, 1.165) is 6.07 Å². The van der Waals surface area contributed by atoms with Gasteiger partial charge in [0.05, 0.1) is 10.7 Å². The second-order valence-electron chi connectivity index (χ2n) is 5.01. The molecular formula is C15H13ClN2O5S. The zero-order chi connectivity index (χ0) is 17.7. The van der Waals surface area contributed by atoms with Gasteiger partial charge in [0.25, 0.3) is 5.69 Å². The number of rotatable bonds is 6. The Bertz CT molecular complexity index is 866. The Morgan fingerprint density at radius 1 is 1.17 bits per heavy atom. The van der Waals surface area contributed by atoms with Crippen LogP contribution in [-0.4, -0.2) is 25.0 Å². The molecule has 2 rings (SSSR count). The van der Waals surface area contributed by atoms with Gasteiger partial charge < -0.3 is 5.32 Å². The molecule has 7 nitrogen and oxygen atoms in total. The number of sulfone groups is 1. The Labute approximate surface area is 143 Å². The van der Waals surface area contributed by atoms with Gasteiger partial charge in [-0.2, -0.15) is 0 Å². The standard InChI is InChI=1S/C15H13ClN2O5S/c16-12-6-4-11(5-7-12)9-24(22,23)10-15(19)17-13-2-1-3-14(8-13)18(20)21/h1-8H,9-10H2,(H,17,19). The Morgan fingerprint density at radius 2 is 1.83 bits per heavy atom. The fourth-order valence-corrected chi connectivity index (χ4v) is 3.38. The Kier molecular flexibility index (Phi) is 5.53. The summed E-state index contributed by atoms with van der Waals surface area (Å²) in [6.07, 6.45) is 0. The maximum atomic E-state index is 12.1. The number of amides is 1. The van der Waals surface area contributed by atoms with Crippen LogP contribution in [0, 0.1) is 10.1 Å². The third kappa shape index (κ3) is 5.32. The van der Waals surface area contributed by atoms with E-state index in [9.17, 15) is 23.3 Å². The van der Waals surface area contributed by atoms with Crippen molar-refractivity contribution >= 4 is 38.7 Å². The SMILES string of the molecule is O=C(CS(=O)(=O)Cc1ccc(Cl)cc1)Nc1cccc([N+](=O)[O-])c1. The van der Waals surface area contributed by atoms with Crippen molar-refractivity contribution in [1.29, 1.82) is 0 Å². The van der Waals surface area contributed by atoms with E-state index in [1.54, 1.807) is 24.3 Å². The van der Waals surface area contributed by atoms with Gasteiger partial charge in [-0.3, -0.25) is 14.9 Å². The Morgan fingerprint density at radius 3 is 2.46 bits per heavy atom.